The molecule has 7 nitrogen and oxygen atoms in total. The van der Waals surface area contributed by atoms with Crippen LogP contribution in [0.4, 0.5) is 5.69 Å². The predicted molar refractivity (Wildman–Crippen MR) is 104 cm³/mol. The third-order valence-electron chi connectivity index (χ3n) is 3.82. The number of sulfonamides is 1. The summed E-state index contributed by atoms with van der Waals surface area (Å²) in [6.45, 7) is 0. The zero-order chi connectivity index (χ0) is 19.4. The van der Waals surface area contributed by atoms with Crippen LogP contribution in [-0.4, -0.2) is 26.4 Å². The number of anilines is 1. The maximum absolute atomic E-state index is 12.2. The van der Waals surface area contributed by atoms with Gasteiger partial charge in [0.25, 0.3) is 0 Å². The van der Waals surface area contributed by atoms with Gasteiger partial charge in [-0.1, -0.05) is 24.3 Å². The number of amides is 1. The number of fused-ring (bicyclic) bond motifs is 1. The van der Waals surface area contributed by atoms with Gasteiger partial charge in [0.15, 0.2) is 0 Å². The number of hydrogen-bond acceptors (Lipinski definition) is 5. The van der Waals surface area contributed by atoms with Crippen molar-refractivity contribution in [2.75, 3.05) is 12.4 Å². The SMILES string of the molecule is COc1ccc(NC(=O)/C=C/c2cccc3cccnc23)cc1S(N)(=O)=O. The number of methoxy groups -OCH3 is 1. The number of pyridine rings is 1. The maximum Gasteiger partial charge on any atom is 0.248 e. The van der Waals surface area contributed by atoms with E-state index in [1.54, 1.807) is 12.3 Å². The summed E-state index contributed by atoms with van der Waals surface area (Å²) in [5, 5.41) is 8.75. The quantitative estimate of drug-likeness (QED) is 0.658. The number of para-hydroxylation sites is 1. The van der Waals surface area contributed by atoms with E-state index in [9.17, 15) is 13.2 Å². The zero-order valence-corrected chi connectivity index (χ0v) is 15.2. The smallest absolute Gasteiger partial charge is 0.248 e. The molecule has 0 saturated carbocycles. The second-order valence-electron chi connectivity index (χ2n) is 5.66. The number of benzene rings is 2. The Morgan fingerprint density at radius 3 is 2.70 bits per heavy atom. The van der Waals surface area contributed by atoms with Crippen LogP contribution in [0.15, 0.2) is 65.7 Å². The number of aromatic nitrogens is 1. The molecule has 1 heterocycles. The first-order valence-corrected chi connectivity index (χ1v) is 9.47. The molecule has 138 valence electrons. The van der Waals surface area contributed by atoms with E-state index in [0.717, 1.165) is 16.5 Å². The van der Waals surface area contributed by atoms with Crippen molar-refractivity contribution in [2.45, 2.75) is 4.90 Å². The summed E-state index contributed by atoms with van der Waals surface area (Å²) in [5.74, 6) is -0.318. The third kappa shape index (κ3) is 4.30. The van der Waals surface area contributed by atoms with E-state index < -0.39 is 15.9 Å². The minimum Gasteiger partial charge on any atom is -0.495 e. The van der Waals surface area contributed by atoms with Crippen molar-refractivity contribution in [2.24, 2.45) is 5.14 Å². The fraction of sp³-hybridized carbons (Fsp3) is 0.0526. The van der Waals surface area contributed by atoms with Crippen molar-refractivity contribution in [1.29, 1.82) is 0 Å². The monoisotopic (exact) mass is 383 g/mol. The van der Waals surface area contributed by atoms with Gasteiger partial charge in [0.05, 0.1) is 12.6 Å². The van der Waals surface area contributed by atoms with E-state index in [4.69, 9.17) is 9.88 Å². The van der Waals surface area contributed by atoms with Crippen molar-refractivity contribution in [3.8, 4) is 5.75 Å². The second kappa shape index (κ2) is 7.56. The third-order valence-corrected chi connectivity index (χ3v) is 4.75. The first kappa shape index (κ1) is 18.6. The van der Waals surface area contributed by atoms with E-state index in [1.807, 2.05) is 30.3 Å². The largest absolute Gasteiger partial charge is 0.495 e. The normalized spacial score (nSPS) is 11.6. The summed E-state index contributed by atoms with van der Waals surface area (Å²) >= 11 is 0. The standard InChI is InChI=1S/C19H17N3O4S/c1-26-16-9-8-15(12-17(16)27(20,24)25)22-18(23)10-7-14-5-2-4-13-6-3-11-21-19(13)14/h2-12H,1H3,(H,22,23)(H2,20,24,25)/b10-7+. The number of nitrogens with zero attached hydrogens (tertiary/aromatic N) is 1. The Hall–Kier alpha value is -3.23. The lowest BCUT2D eigenvalue weighted by Crippen LogP contribution is -2.15. The predicted octanol–water partition coefficient (Wildman–Crippen LogP) is 2.54. The molecule has 0 unspecified atom stereocenters. The van der Waals surface area contributed by atoms with Gasteiger partial charge in [-0.25, -0.2) is 13.6 Å². The number of primary sulfonamides is 1. The summed E-state index contributed by atoms with van der Waals surface area (Å²) in [6.07, 6.45) is 4.69. The average Bonchev–Trinajstić information content (AvgIpc) is 2.65. The van der Waals surface area contributed by atoms with Crippen LogP contribution in [0.25, 0.3) is 17.0 Å². The van der Waals surface area contributed by atoms with E-state index in [-0.39, 0.29) is 16.3 Å². The molecular formula is C19H17N3O4S. The second-order valence-corrected chi connectivity index (χ2v) is 7.19. The van der Waals surface area contributed by atoms with Crippen LogP contribution in [-0.2, 0) is 14.8 Å². The molecule has 0 aliphatic heterocycles. The van der Waals surface area contributed by atoms with Crippen molar-refractivity contribution in [3.05, 3.63) is 66.4 Å². The van der Waals surface area contributed by atoms with Crippen molar-refractivity contribution in [3.63, 3.8) is 0 Å². The van der Waals surface area contributed by atoms with Gasteiger partial charge in [-0.3, -0.25) is 9.78 Å². The van der Waals surface area contributed by atoms with Crippen LogP contribution in [0, 0.1) is 0 Å². The molecule has 0 radical (unpaired) electrons. The zero-order valence-electron chi connectivity index (χ0n) is 14.4. The highest BCUT2D eigenvalue weighted by molar-refractivity contribution is 7.89. The molecule has 0 bridgehead atoms. The molecule has 27 heavy (non-hydrogen) atoms. The summed E-state index contributed by atoms with van der Waals surface area (Å²) in [4.78, 5) is 16.3. The maximum atomic E-state index is 12.2. The molecule has 0 spiro atoms. The highest BCUT2D eigenvalue weighted by Gasteiger charge is 2.16. The summed E-state index contributed by atoms with van der Waals surface area (Å²) in [7, 11) is -2.65. The van der Waals surface area contributed by atoms with E-state index in [2.05, 4.69) is 10.3 Å². The molecule has 0 fully saturated rings. The number of hydrogen-bond donors (Lipinski definition) is 2. The summed E-state index contributed by atoms with van der Waals surface area (Å²) in [5.41, 5.74) is 1.86. The molecule has 3 N–H and O–H groups in total. The molecule has 3 rings (SSSR count). The van der Waals surface area contributed by atoms with Crippen LogP contribution in [0.5, 0.6) is 5.75 Å². The fourth-order valence-corrected chi connectivity index (χ4v) is 3.31. The summed E-state index contributed by atoms with van der Waals surface area (Å²) < 4.78 is 28.3. The van der Waals surface area contributed by atoms with Crippen LogP contribution >= 0.6 is 0 Å². The number of rotatable bonds is 5. The van der Waals surface area contributed by atoms with Crippen LogP contribution in [0.3, 0.4) is 0 Å². The molecule has 0 saturated heterocycles. The van der Waals surface area contributed by atoms with Crippen LogP contribution < -0.4 is 15.2 Å². The molecule has 0 aliphatic carbocycles. The average molecular weight is 383 g/mol. The number of carbonyl (C=O) groups excluding carboxylic acids is 1. The fourth-order valence-electron chi connectivity index (χ4n) is 2.59. The number of carbonyl (C=O) groups is 1. The minimum atomic E-state index is -3.99. The molecule has 0 atom stereocenters. The van der Waals surface area contributed by atoms with Gasteiger partial charge in [0.1, 0.15) is 10.6 Å². The molecule has 8 heteroatoms. The molecular weight excluding hydrogens is 366 g/mol. The minimum absolute atomic E-state index is 0.105. The van der Waals surface area contributed by atoms with Gasteiger partial charge in [-0.05, 0) is 30.3 Å². The van der Waals surface area contributed by atoms with Crippen molar-refractivity contribution >= 4 is 38.6 Å². The van der Waals surface area contributed by atoms with Gasteiger partial charge in [0.2, 0.25) is 15.9 Å². The molecule has 1 aromatic heterocycles. The van der Waals surface area contributed by atoms with Gasteiger partial charge in [-0.15, -0.1) is 0 Å². The summed E-state index contributed by atoms with van der Waals surface area (Å²) in [6, 6.07) is 13.6. The van der Waals surface area contributed by atoms with Gasteiger partial charge >= 0.3 is 0 Å². The lowest BCUT2D eigenvalue weighted by molar-refractivity contribution is -0.111. The Bertz CT molecular complexity index is 1140. The van der Waals surface area contributed by atoms with Crippen molar-refractivity contribution in [1.82, 2.24) is 4.98 Å². The van der Waals surface area contributed by atoms with Crippen LogP contribution in [0.1, 0.15) is 5.56 Å². The molecule has 1 amide bonds. The lowest BCUT2D eigenvalue weighted by Gasteiger charge is -2.09. The topological polar surface area (TPSA) is 111 Å². The Kier molecular flexibility index (Phi) is 5.20. The number of ether oxygens (including phenoxy) is 1. The molecule has 3 aromatic rings. The van der Waals surface area contributed by atoms with Gasteiger partial charge in [-0.2, -0.15) is 0 Å². The first-order valence-electron chi connectivity index (χ1n) is 7.92. The van der Waals surface area contributed by atoms with Gasteiger partial charge < -0.3 is 10.1 Å². The first-order chi connectivity index (χ1) is 12.9. The Morgan fingerprint density at radius 2 is 1.96 bits per heavy atom. The lowest BCUT2D eigenvalue weighted by atomic mass is 10.1. The Morgan fingerprint density at radius 1 is 1.19 bits per heavy atom. The Labute approximate surface area is 156 Å². The number of nitrogens with one attached hydrogen (secondary N) is 1. The highest BCUT2D eigenvalue weighted by atomic mass is 32.2. The number of nitrogens with two attached hydrogens (primary N) is 1. The highest BCUT2D eigenvalue weighted by Crippen LogP contribution is 2.26. The molecule has 0 aliphatic rings. The van der Waals surface area contributed by atoms with E-state index >= 15 is 0 Å². The van der Waals surface area contributed by atoms with Crippen molar-refractivity contribution < 1.29 is 17.9 Å². The Balaban J connectivity index is 1.83. The molecule has 2 aromatic carbocycles. The van der Waals surface area contributed by atoms with E-state index in [0.29, 0.717) is 0 Å². The van der Waals surface area contributed by atoms with Gasteiger partial charge in [0, 0.05) is 28.9 Å². The van der Waals surface area contributed by atoms with Crippen LogP contribution in [0.2, 0.25) is 0 Å². The van der Waals surface area contributed by atoms with E-state index in [1.165, 1.54) is 31.4 Å².